The van der Waals surface area contributed by atoms with Gasteiger partial charge < -0.3 is 19.9 Å². The second-order valence-corrected chi connectivity index (χ2v) is 7.47. The summed E-state index contributed by atoms with van der Waals surface area (Å²) in [5.41, 5.74) is 0.452. The lowest BCUT2D eigenvalue weighted by molar-refractivity contribution is 0.208. The summed E-state index contributed by atoms with van der Waals surface area (Å²) in [4.78, 5) is 25.2. The smallest absolute Gasteiger partial charge is 0.321 e. The molecular weight excluding hydrogens is 421 g/mol. The zero-order chi connectivity index (χ0) is 21.8. The maximum Gasteiger partial charge on any atom is 0.321 e. The van der Waals surface area contributed by atoms with Crippen molar-refractivity contribution >= 4 is 29.1 Å². The van der Waals surface area contributed by atoms with Crippen LogP contribution in [0.1, 0.15) is 5.82 Å². The molecule has 2 amide bonds. The number of para-hydroxylation sites is 1. The van der Waals surface area contributed by atoms with Gasteiger partial charge >= 0.3 is 6.03 Å². The summed E-state index contributed by atoms with van der Waals surface area (Å²) < 4.78 is 19.1. The molecule has 7 nitrogen and oxygen atoms in total. The number of halogens is 2. The van der Waals surface area contributed by atoms with Gasteiger partial charge in [0.25, 0.3) is 0 Å². The molecule has 0 unspecified atom stereocenters. The van der Waals surface area contributed by atoms with Crippen LogP contribution in [0.2, 0.25) is 5.02 Å². The highest BCUT2D eigenvalue weighted by atomic mass is 35.5. The van der Waals surface area contributed by atoms with Crippen molar-refractivity contribution < 1.29 is 13.9 Å². The first-order valence-corrected chi connectivity index (χ1v) is 10.2. The summed E-state index contributed by atoms with van der Waals surface area (Å²) in [6.07, 6.45) is 0. The Hall–Kier alpha value is -3.39. The standard InChI is InChI=1S/C22H21ClFN5O2/c1-15-25-20(14-21(26-15)31-17-5-3-2-4-6-17)28-9-11-29(12-10-28)22(30)27-16-7-8-19(24)18(23)13-16/h2-8,13-14H,9-12H2,1H3,(H,27,30). The van der Waals surface area contributed by atoms with E-state index in [4.69, 9.17) is 16.3 Å². The molecule has 1 N–H and O–H groups in total. The zero-order valence-corrected chi connectivity index (χ0v) is 17.6. The van der Waals surface area contributed by atoms with Crippen LogP contribution in [0.3, 0.4) is 0 Å². The number of carbonyl (C=O) groups is 1. The molecule has 1 aliphatic heterocycles. The van der Waals surface area contributed by atoms with Crippen molar-refractivity contribution in [3.8, 4) is 11.6 Å². The first-order valence-electron chi connectivity index (χ1n) is 9.82. The SMILES string of the molecule is Cc1nc(Oc2ccccc2)cc(N2CCN(C(=O)Nc3ccc(F)c(Cl)c3)CC2)n1. The predicted molar refractivity (Wildman–Crippen MR) is 117 cm³/mol. The van der Waals surface area contributed by atoms with Gasteiger partial charge in [0.15, 0.2) is 0 Å². The van der Waals surface area contributed by atoms with Crippen LogP contribution in [0.4, 0.5) is 20.7 Å². The van der Waals surface area contributed by atoms with Crippen molar-refractivity contribution in [2.24, 2.45) is 0 Å². The summed E-state index contributed by atoms with van der Waals surface area (Å²) >= 11 is 5.78. The molecule has 1 fully saturated rings. The Morgan fingerprint density at radius 1 is 1.06 bits per heavy atom. The fourth-order valence-electron chi connectivity index (χ4n) is 3.26. The zero-order valence-electron chi connectivity index (χ0n) is 16.9. The van der Waals surface area contributed by atoms with Crippen LogP contribution in [-0.4, -0.2) is 47.1 Å². The molecule has 31 heavy (non-hydrogen) atoms. The maximum atomic E-state index is 13.3. The van der Waals surface area contributed by atoms with Gasteiger partial charge in [-0.15, -0.1) is 0 Å². The van der Waals surface area contributed by atoms with E-state index in [1.165, 1.54) is 18.2 Å². The minimum atomic E-state index is -0.524. The van der Waals surface area contributed by atoms with Gasteiger partial charge in [-0.25, -0.2) is 14.2 Å². The average Bonchev–Trinajstić information content (AvgIpc) is 2.77. The van der Waals surface area contributed by atoms with Gasteiger partial charge in [0, 0.05) is 37.9 Å². The number of aromatic nitrogens is 2. The third kappa shape index (κ3) is 5.21. The van der Waals surface area contributed by atoms with Crippen molar-refractivity contribution in [1.29, 1.82) is 0 Å². The van der Waals surface area contributed by atoms with Crippen molar-refractivity contribution in [2.45, 2.75) is 6.92 Å². The van der Waals surface area contributed by atoms with Gasteiger partial charge in [-0.3, -0.25) is 0 Å². The van der Waals surface area contributed by atoms with E-state index in [1.54, 1.807) is 11.0 Å². The molecule has 2 aromatic carbocycles. The number of rotatable bonds is 4. The maximum absolute atomic E-state index is 13.3. The van der Waals surface area contributed by atoms with Crippen LogP contribution < -0.4 is 15.0 Å². The van der Waals surface area contributed by atoms with Gasteiger partial charge in [-0.1, -0.05) is 29.8 Å². The molecule has 1 aromatic heterocycles. The third-order valence-electron chi connectivity index (χ3n) is 4.83. The summed E-state index contributed by atoms with van der Waals surface area (Å²) in [5.74, 6) is 2.01. The number of aryl methyl sites for hydroxylation is 1. The van der Waals surface area contributed by atoms with Crippen molar-refractivity contribution in [3.05, 3.63) is 71.3 Å². The summed E-state index contributed by atoms with van der Waals surface area (Å²) in [6.45, 7) is 4.06. The number of piperazine rings is 1. The van der Waals surface area contributed by atoms with Crippen LogP contribution in [0.25, 0.3) is 0 Å². The lowest BCUT2D eigenvalue weighted by Gasteiger charge is -2.35. The fourth-order valence-corrected chi connectivity index (χ4v) is 3.44. The summed E-state index contributed by atoms with van der Waals surface area (Å²) in [5, 5.41) is 2.72. The highest BCUT2D eigenvalue weighted by molar-refractivity contribution is 6.31. The third-order valence-corrected chi connectivity index (χ3v) is 5.12. The van der Waals surface area contributed by atoms with E-state index in [1.807, 2.05) is 37.3 Å². The normalized spacial score (nSPS) is 13.8. The molecule has 0 atom stereocenters. The molecule has 1 aliphatic rings. The van der Waals surface area contributed by atoms with E-state index in [0.29, 0.717) is 49.3 Å². The molecule has 160 valence electrons. The summed E-state index contributed by atoms with van der Waals surface area (Å²) in [7, 11) is 0. The largest absolute Gasteiger partial charge is 0.439 e. The number of ether oxygens (including phenoxy) is 1. The van der Waals surface area contributed by atoms with Crippen LogP contribution in [0, 0.1) is 12.7 Å². The second-order valence-electron chi connectivity index (χ2n) is 7.06. The van der Waals surface area contributed by atoms with E-state index in [2.05, 4.69) is 20.2 Å². The first-order chi connectivity index (χ1) is 15.0. The minimum absolute atomic E-state index is 0.0322. The predicted octanol–water partition coefficient (Wildman–Crippen LogP) is 4.72. The number of anilines is 2. The monoisotopic (exact) mass is 441 g/mol. The Bertz CT molecular complexity index is 1070. The second kappa shape index (κ2) is 9.18. The van der Waals surface area contributed by atoms with Gasteiger partial charge in [0.2, 0.25) is 5.88 Å². The number of nitrogens with one attached hydrogen (secondary N) is 1. The Labute approximate surface area is 184 Å². The van der Waals surface area contributed by atoms with Gasteiger partial charge in [0.05, 0.1) is 5.02 Å². The topological polar surface area (TPSA) is 70.6 Å². The number of urea groups is 1. The molecule has 0 radical (unpaired) electrons. The van der Waals surface area contributed by atoms with E-state index in [0.717, 1.165) is 5.82 Å². The Kier molecular flexibility index (Phi) is 6.18. The number of benzene rings is 2. The Morgan fingerprint density at radius 2 is 1.81 bits per heavy atom. The number of amides is 2. The van der Waals surface area contributed by atoms with Gasteiger partial charge in [-0.05, 0) is 37.3 Å². The van der Waals surface area contributed by atoms with Gasteiger partial charge in [0.1, 0.15) is 23.2 Å². The lowest BCUT2D eigenvalue weighted by Crippen LogP contribution is -2.50. The van der Waals surface area contributed by atoms with Crippen molar-refractivity contribution in [1.82, 2.24) is 14.9 Å². The van der Waals surface area contributed by atoms with Gasteiger partial charge in [-0.2, -0.15) is 4.98 Å². The molecule has 0 spiro atoms. The van der Waals surface area contributed by atoms with Crippen LogP contribution in [0.5, 0.6) is 11.6 Å². The molecule has 0 aliphatic carbocycles. The van der Waals surface area contributed by atoms with E-state index < -0.39 is 5.82 Å². The molecule has 0 bridgehead atoms. The molecule has 1 saturated heterocycles. The number of hydrogen-bond acceptors (Lipinski definition) is 5. The molecular formula is C22H21ClFN5O2. The van der Waals surface area contributed by atoms with Crippen LogP contribution in [-0.2, 0) is 0 Å². The Morgan fingerprint density at radius 3 is 2.52 bits per heavy atom. The quantitative estimate of drug-likeness (QED) is 0.634. The number of nitrogens with zero attached hydrogens (tertiary/aromatic N) is 4. The highest BCUT2D eigenvalue weighted by Gasteiger charge is 2.23. The number of carbonyl (C=O) groups excluding carboxylic acids is 1. The molecule has 2 heterocycles. The van der Waals surface area contributed by atoms with Crippen molar-refractivity contribution in [3.63, 3.8) is 0 Å². The van der Waals surface area contributed by atoms with Crippen LogP contribution >= 0.6 is 11.6 Å². The molecule has 3 aromatic rings. The summed E-state index contributed by atoms with van der Waals surface area (Å²) in [6, 6.07) is 15.1. The van der Waals surface area contributed by atoms with Crippen molar-refractivity contribution in [2.75, 3.05) is 36.4 Å². The fraction of sp³-hybridized carbons (Fsp3) is 0.227. The van der Waals surface area contributed by atoms with E-state index in [9.17, 15) is 9.18 Å². The molecule has 0 saturated carbocycles. The first kappa shape index (κ1) is 20.9. The average molecular weight is 442 g/mol. The van der Waals surface area contributed by atoms with E-state index in [-0.39, 0.29) is 11.1 Å². The molecule has 9 heteroatoms. The van der Waals surface area contributed by atoms with Crippen LogP contribution in [0.15, 0.2) is 54.6 Å². The number of hydrogen-bond donors (Lipinski definition) is 1. The lowest BCUT2D eigenvalue weighted by atomic mass is 10.3. The molecule has 4 rings (SSSR count). The Balaban J connectivity index is 1.38. The van der Waals surface area contributed by atoms with E-state index >= 15 is 0 Å². The minimum Gasteiger partial charge on any atom is -0.439 e. The highest BCUT2D eigenvalue weighted by Crippen LogP contribution is 2.24.